The molecule has 0 bridgehead atoms. The van der Waals surface area contributed by atoms with Crippen LogP contribution in [0.1, 0.15) is 23.7 Å². The molecule has 164 valence electrons. The van der Waals surface area contributed by atoms with E-state index in [9.17, 15) is 19.7 Å². The molecule has 2 amide bonds. The largest absolute Gasteiger partial charge is 0.497 e. The molecule has 2 aromatic rings. The number of hydrazone groups is 1. The Hall–Kier alpha value is -4.15. The van der Waals surface area contributed by atoms with E-state index < -0.39 is 16.7 Å². The zero-order valence-corrected chi connectivity index (χ0v) is 17.4. The van der Waals surface area contributed by atoms with Crippen molar-refractivity contribution in [2.24, 2.45) is 5.10 Å². The highest BCUT2D eigenvalue weighted by molar-refractivity contribution is 6.06. The van der Waals surface area contributed by atoms with Gasteiger partial charge in [-0.25, -0.2) is 5.43 Å². The summed E-state index contributed by atoms with van der Waals surface area (Å²) in [6.07, 6.45) is -0.190. The Morgan fingerprint density at radius 3 is 2.16 bits per heavy atom. The predicted octanol–water partition coefficient (Wildman–Crippen LogP) is 2.76. The zero-order chi connectivity index (χ0) is 23.0. The number of hydrogen-bond acceptors (Lipinski definition) is 8. The van der Waals surface area contributed by atoms with Crippen LogP contribution >= 0.6 is 0 Å². The Labute approximate surface area is 178 Å². The Morgan fingerprint density at radius 2 is 1.61 bits per heavy atom. The second-order valence-electron chi connectivity index (χ2n) is 6.25. The smallest absolute Gasteiger partial charge is 0.296 e. The molecule has 0 heterocycles. The van der Waals surface area contributed by atoms with E-state index in [0.29, 0.717) is 17.2 Å². The third kappa shape index (κ3) is 6.42. The second-order valence-corrected chi connectivity index (χ2v) is 6.25. The summed E-state index contributed by atoms with van der Waals surface area (Å²) in [6, 6.07) is 8.72. The molecule has 0 atom stereocenters. The molecule has 0 spiro atoms. The van der Waals surface area contributed by atoms with Crippen molar-refractivity contribution in [2.75, 3.05) is 26.6 Å². The van der Waals surface area contributed by atoms with Gasteiger partial charge >= 0.3 is 0 Å². The first-order valence-corrected chi connectivity index (χ1v) is 8.96. The Bertz CT molecular complexity index is 998. The number of anilines is 1. The van der Waals surface area contributed by atoms with Crippen LogP contribution in [0.4, 0.5) is 11.4 Å². The summed E-state index contributed by atoms with van der Waals surface area (Å²) in [5.41, 5.74) is 2.61. The van der Waals surface area contributed by atoms with E-state index >= 15 is 0 Å². The summed E-state index contributed by atoms with van der Waals surface area (Å²) in [5, 5.41) is 17.6. The molecular formula is C20H22N4O7. The molecule has 2 N–H and O–H groups in total. The van der Waals surface area contributed by atoms with Gasteiger partial charge in [0, 0.05) is 17.3 Å². The van der Waals surface area contributed by atoms with Crippen molar-refractivity contribution in [1.82, 2.24) is 5.43 Å². The molecule has 31 heavy (non-hydrogen) atoms. The Kier molecular flexibility index (Phi) is 7.89. The first kappa shape index (κ1) is 23.1. The Balaban J connectivity index is 2.03. The SMILES string of the molecule is COc1cc(OC)cc(C(=O)NN=C(C)CC(=O)Nc2ccc(OC)cc2[N+](=O)[O-])c1. The van der Waals surface area contributed by atoms with Crippen molar-refractivity contribution in [3.63, 3.8) is 0 Å². The van der Waals surface area contributed by atoms with Crippen LogP contribution in [0, 0.1) is 10.1 Å². The zero-order valence-electron chi connectivity index (χ0n) is 17.4. The number of ether oxygens (including phenoxy) is 3. The number of nitro groups is 1. The molecule has 2 rings (SSSR count). The van der Waals surface area contributed by atoms with Crippen LogP contribution in [-0.4, -0.2) is 43.8 Å². The lowest BCUT2D eigenvalue weighted by molar-refractivity contribution is -0.384. The highest BCUT2D eigenvalue weighted by Gasteiger charge is 2.18. The summed E-state index contributed by atoms with van der Waals surface area (Å²) < 4.78 is 15.2. The molecule has 11 nitrogen and oxygen atoms in total. The molecule has 0 aliphatic rings. The number of nitro benzene ring substituents is 1. The molecule has 2 aromatic carbocycles. The van der Waals surface area contributed by atoms with Crippen molar-refractivity contribution < 1.29 is 28.7 Å². The molecule has 11 heteroatoms. The third-order valence-corrected chi connectivity index (χ3v) is 4.05. The lowest BCUT2D eigenvalue weighted by Gasteiger charge is -2.09. The molecule has 0 aromatic heterocycles. The van der Waals surface area contributed by atoms with Crippen LogP contribution in [-0.2, 0) is 4.79 Å². The fourth-order valence-corrected chi connectivity index (χ4v) is 2.51. The monoisotopic (exact) mass is 430 g/mol. The summed E-state index contributed by atoms with van der Waals surface area (Å²) >= 11 is 0. The fourth-order valence-electron chi connectivity index (χ4n) is 2.51. The highest BCUT2D eigenvalue weighted by atomic mass is 16.6. The molecule has 0 fully saturated rings. The number of nitrogens with one attached hydrogen (secondary N) is 2. The maximum Gasteiger partial charge on any atom is 0.296 e. The topological polar surface area (TPSA) is 141 Å². The van der Waals surface area contributed by atoms with Gasteiger partial charge in [-0.05, 0) is 31.2 Å². The van der Waals surface area contributed by atoms with Gasteiger partial charge in [0.25, 0.3) is 11.6 Å². The number of benzene rings is 2. The van der Waals surface area contributed by atoms with Crippen LogP contribution in [0.5, 0.6) is 17.2 Å². The minimum atomic E-state index is -0.623. The third-order valence-electron chi connectivity index (χ3n) is 4.05. The van der Waals surface area contributed by atoms with Crippen molar-refractivity contribution >= 4 is 28.9 Å². The lowest BCUT2D eigenvalue weighted by Crippen LogP contribution is -2.21. The number of methoxy groups -OCH3 is 3. The first-order chi connectivity index (χ1) is 14.8. The van der Waals surface area contributed by atoms with E-state index in [1.807, 2.05) is 0 Å². The first-order valence-electron chi connectivity index (χ1n) is 8.96. The van der Waals surface area contributed by atoms with Crippen molar-refractivity contribution in [2.45, 2.75) is 13.3 Å². The van der Waals surface area contributed by atoms with E-state index in [2.05, 4.69) is 15.8 Å². The van der Waals surface area contributed by atoms with Gasteiger partial charge in [0.1, 0.15) is 22.9 Å². The minimum absolute atomic E-state index is 0.0242. The van der Waals surface area contributed by atoms with Crippen molar-refractivity contribution in [3.05, 3.63) is 52.1 Å². The molecule has 0 aliphatic heterocycles. The molecule has 0 saturated heterocycles. The Morgan fingerprint density at radius 1 is 1.00 bits per heavy atom. The summed E-state index contributed by atoms with van der Waals surface area (Å²) in [5.74, 6) is 0.102. The van der Waals surface area contributed by atoms with E-state index in [0.717, 1.165) is 0 Å². The predicted molar refractivity (Wildman–Crippen MR) is 113 cm³/mol. The van der Waals surface area contributed by atoms with Gasteiger partial charge < -0.3 is 19.5 Å². The summed E-state index contributed by atoms with van der Waals surface area (Å²) in [6.45, 7) is 1.54. The normalized spacial score (nSPS) is 10.8. The van der Waals surface area contributed by atoms with Gasteiger partial charge in [-0.3, -0.25) is 19.7 Å². The number of carbonyl (C=O) groups is 2. The van der Waals surface area contributed by atoms with Gasteiger partial charge in [0.2, 0.25) is 5.91 Å². The number of nitrogens with zero attached hydrogens (tertiary/aromatic N) is 2. The molecule has 0 radical (unpaired) electrons. The fraction of sp³-hybridized carbons (Fsp3) is 0.250. The van der Waals surface area contributed by atoms with E-state index in [1.165, 1.54) is 58.6 Å². The van der Waals surface area contributed by atoms with Gasteiger partial charge in [-0.1, -0.05) is 0 Å². The maximum absolute atomic E-state index is 12.3. The van der Waals surface area contributed by atoms with Gasteiger partial charge in [0.15, 0.2) is 0 Å². The molecular weight excluding hydrogens is 408 g/mol. The van der Waals surface area contributed by atoms with Crippen LogP contribution in [0.3, 0.4) is 0 Å². The summed E-state index contributed by atoms with van der Waals surface area (Å²) in [7, 11) is 4.31. The molecule has 0 saturated carbocycles. The number of rotatable bonds is 9. The average molecular weight is 430 g/mol. The van der Waals surface area contributed by atoms with Gasteiger partial charge in [0.05, 0.1) is 38.7 Å². The second kappa shape index (κ2) is 10.6. The van der Waals surface area contributed by atoms with Gasteiger partial charge in [-0.2, -0.15) is 5.10 Å². The van der Waals surface area contributed by atoms with Crippen molar-refractivity contribution in [1.29, 1.82) is 0 Å². The van der Waals surface area contributed by atoms with Crippen LogP contribution in [0.25, 0.3) is 0 Å². The minimum Gasteiger partial charge on any atom is -0.497 e. The van der Waals surface area contributed by atoms with E-state index in [-0.39, 0.29) is 29.1 Å². The molecule has 0 aliphatic carbocycles. The average Bonchev–Trinajstić information content (AvgIpc) is 2.76. The highest BCUT2D eigenvalue weighted by Crippen LogP contribution is 2.29. The van der Waals surface area contributed by atoms with Crippen LogP contribution in [0.2, 0.25) is 0 Å². The van der Waals surface area contributed by atoms with E-state index in [1.54, 1.807) is 6.07 Å². The van der Waals surface area contributed by atoms with Crippen molar-refractivity contribution in [3.8, 4) is 17.2 Å². The van der Waals surface area contributed by atoms with E-state index in [4.69, 9.17) is 14.2 Å². The van der Waals surface area contributed by atoms with Crippen LogP contribution in [0.15, 0.2) is 41.5 Å². The standard InChI is InChI=1S/C20H22N4O7/c1-12(22-23-20(26)13-8-15(30-3)10-16(9-13)31-4)7-19(25)21-17-6-5-14(29-2)11-18(17)24(27)28/h5-6,8-11H,7H2,1-4H3,(H,21,25)(H,23,26). The number of amides is 2. The van der Waals surface area contributed by atoms with Crippen LogP contribution < -0.4 is 25.0 Å². The number of hydrogen-bond donors (Lipinski definition) is 2. The molecule has 0 unspecified atom stereocenters. The lowest BCUT2D eigenvalue weighted by atomic mass is 10.2. The quantitative estimate of drug-likeness (QED) is 0.354. The van der Waals surface area contributed by atoms with Gasteiger partial charge in [-0.15, -0.1) is 0 Å². The maximum atomic E-state index is 12.3. The number of carbonyl (C=O) groups excluding carboxylic acids is 2. The summed E-state index contributed by atoms with van der Waals surface area (Å²) in [4.78, 5) is 35.2.